The number of benzene rings is 2. The van der Waals surface area contributed by atoms with Crippen LogP contribution in [-0.2, 0) is 0 Å². The summed E-state index contributed by atoms with van der Waals surface area (Å²) in [5.74, 6) is 0.427. The highest BCUT2D eigenvalue weighted by Crippen LogP contribution is 2.47. The number of piperidine rings is 1. The molecular formula is C22H26ClN2O+. The lowest BCUT2D eigenvalue weighted by Crippen LogP contribution is -2.56. The SMILES string of the molecule is CC[N+]1(C)CC[C@H]2[C@@H](C1)c1cc(C)ccc1N2C(=O)c1ccccc1Cl. The minimum atomic E-state index is 0.0285. The van der Waals surface area contributed by atoms with Crippen molar-refractivity contribution >= 4 is 23.2 Å². The number of halogens is 1. The number of quaternary nitrogens is 1. The van der Waals surface area contributed by atoms with Crippen LogP contribution in [0.4, 0.5) is 5.69 Å². The summed E-state index contributed by atoms with van der Waals surface area (Å²) < 4.78 is 1.07. The van der Waals surface area contributed by atoms with Crippen LogP contribution >= 0.6 is 11.6 Å². The summed E-state index contributed by atoms with van der Waals surface area (Å²) >= 11 is 6.34. The molecule has 0 aromatic heterocycles. The Morgan fingerprint density at radius 1 is 1.27 bits per heavy atom. The van der Waals surface area contributed by atoms with Crippen molar-refractivity contribution in [2.75, 3.05) is 31.6 Å². The van der Waals surface area contributed by atoms with Crippen LogP contribution in [0, 0.1) is 6.92 Å². The number of anilines is 1. The molecule has 0 aliphatic carbocycles. The Balaban J connectivity index is 1.79. The van der Waals surface area contributed by atoms with E-state index in [9.17, 15) is 4.79 Å². The molecule has 136 valence electrons. The molecule has 1 saturated heterocycles. The van der Waals surface area contributed by atoms with Crippen LogP contribution in [-0.4, -0.2) is 43.1 Å². The van der Waals surface area contributed by atoms with Gasteiger partial charge in [-0.2, -0.15) is 0 Å². The van der Waals surface area contributed by atoms with Gasteiger partial charge in [-0.15, -0.1) is 0 Å². The lowest BCUT2D eigenvalue weighted by Gasteiger charge is -2.43. The molecule has 4 rings (SSSR count). The van der Waals surface area contributed by atoms with E-state index in [-0.39, 0.29) is 11.9 Å². The molecule has 0 radical (unpaired) electrons. The smallest absolute Gasteiger partial charge is 0.260 e. The summed E-state index contributed by atoms with van der Waals surface area (Å²) in [7, 11) is 2.34. The molecule has 26 heavy (non-hydrogen) atoms. The first-order valence-electron chi connectivity index (χ1n) is 9.46. The highest BCUT2D eigenvalue weighted by molar-refractivity contribution is 6.34. The fraction of sp³-hybridized carbons (Fsp3) is 0.409. The standard InChI is InChI=1S/C22H26ClN2O/c1-4-25(3)12-11-21-18(14-25)17-13-15(2)9-10-20(17)24(21)22(26)16-7-5-6-8-19(16)23/h5-10,13,18,21H,4,11-12,14H2,1-3H3/q+1/t18-,21-,25?/m0/s1. The average molecular weight is 370 g/mol. The van der Waals surface area contributed by atoms with E-state index in [0.29, 0.717) is 16.5 Å². The van der Waals surface area contributed by atoms with Crippen molar-refractivity contribution in [2.24, 2.45) is 0 Å². The van der Waals surface area contributed by atoms with Crippen molar-refractivity contribution in [1.29, 1.82) is 0 Å². The molecule has 2 aliphatic heterocycles. The second-order valence-electron chi connectivity index (χ2n) is 8.02. The Bertz CT molecular complexity index is 865. The van der Waals surface area contributed by atoms with Gasteiger partial charge in [0, 0.05) is 12.1 Å². The first-order valence-corrected chi connectivity index (χ1v) is 9.83. The van der Waals surface area contributed by atoms with Crippen LogP contribution in [0.25, 0.3) is 0 Å². The van der Waals surface area contributed by atoms with Crippen LogP contribution in [0.15, 0.2) is 42.5 Å². The van der Waals surface area contributed by atoms with Crippen LogP contribution in [0.5, 0.6) is 0 Å². The van der Waals surface area contributed by atoms with E-state index in [1.807, 2.05) is 23.1 Å². The zero-order valence-electron chi connectivity index (χ0n) is 15.7. The minimum absolute atomic E-state index is 0.0285. The number of likely N-dealkylation sites (tertiary alicyclic amines) is 1. The van der Waals surface area contributed by atoms with Gasteiger partial charge in [-0.25, -0.2) is 0 Å². The topological polar surface area (TPSA) is 20.3 Å². The monoisotopic (exact) mass is 369 g/mol. The molecule has 1 amide bonds. The highest BCUT2D eigenvalue weighted by atomic mass is 35.5. The van der Waals surface area contributed by atoms with Gasteiger partial charge in [-0.05, 0) is 37.6 Å². The fourth-order valence-electron chi connectivity index (χ4n) is 4.63. The van der Waals surface area contributed by atoms with E-state index in [2.05, 4.69) is 39.1 Å². The minimum Gasteiger partial charge on any atom is -0.326 e. The van der Waals surface area contributed by atoms with Gasteiger partial charge < -0.3 is 9.38 Å². The molecule has 4 heteroatoms. The predicted molar refractivity (Wildman–Crippen MR) is 107 cm³/mol. The van der Waals surface area contributed by atoms with Crippen molar-refractivity contribution in [3.63, 3.8) is 0 Å². The number of likely N-dealkylation sites (N-methyl/N-ethyl adjacent to an activating group) is 1. The lowest BCUT2D eigenvalue weighted by atomic mass is 9.87. The van der Waals surface area contributed by atoms with Gasteiger partial charge in [-0.1, -0.05) is 41.4 Å². The van der Waals surface area contributed by atoms with E-state index in [4.69, 9.17) is 11.6 Å². The van der Waals surface area contributed by atoms with Gasteiger partial charge >= 0.3 is 0 Å². The van der Waals surface area contributed by atoms with Crippen LogP contribution in [0.3, 0.4) is 0 Å². The largest absolute Gasteiger partial charge is 0.326 e. The average Bonchev–Trinajstić information content (AvgIpc) is 2.94. The molecule has 1 fully saturated rings. The Kier molecular flexibility index (Phi) is 4.32. The Labute approximate surface area is 160 Å². The van der Waals surface area contributed by atoms with E-state index in [1.54, 1.807) is 6.07 Å². The van der Waals surface area contributed by atoms with Gasteiger partial charge in [0.2, 0.25) is 0 Å². The summed E-state index contributed by atoms with van der Waals surface area (Å²) in [6.07, 6.45) is 1.03. The van der Waals surface area contributed by atoms with Gasteiger partial charge in [-0.3, -0.25) is 4.79 Å². The number of hydrogen-bond acceptors (Lipinski definition) is 1. The number of nitrogens with zero attached hydrogens (tertiary/aromatic N) is 2. The van der Waals surface area contributed by atoms with Gasteiger partial charge in [0.15, 0.2) is 0 Å². The maximum atomic E-state index is 13.4. The number of carbonyl (C=O) groups excluding carboxylic acids is 1. The molecule has 3 atom stereocenters. The molecular weight excluding hydrogens is 344 g/mol. The third kappa shape index (κ3) is 2.74. The van der Waals surface area contributed by atoms with E-state index in [1.165, 1.54) is 11.1 Å². The number of amides is 1. The molecule has 3 nitrogen and oxygen atoms in total. The van der Waals surface area contributed by atoms with Crippen molar-refractivity contribution < 1.29 is 9.28 Å². The number of carbonyl (C=O) groups is 1. The van der Waals surface area contributed by atoms with Gasteiger partial charge in [0.05, 0.1) is 49.2 Å². The number of hydrogen-bond donors (Lipinski definition) is 0. The third-order valence-electron chi connectivity index (χ3n) is 6.33. The molecule has 0 spiro atoms. The zero-order chi connectivity index (χ0) is 18.5. The number of rotatable bonds is 2. The summed E-state index contributed by atoms with van der Waals surface area (Å²) in [5.41, 5.74) is 4.25. The number of aryl methyl sites for hydroxylation is 1. The molecule has 1 unspecified atom stereocenters. The zero-order valence-corrected chi connectivity index (χ0v) is 16.5. The van der Waals surface area contributed by atoms with Gasteiger partial charge in [0.25, 0.3) is 5.91 Å². The number of fused-ring (bicyclic) bond motifs is 3. The molecule has 0 bridgehead atoms. The van der Waals surface area contributed by atoms with E-state index < -0.39 is 0 Å². The normalized spacial score (nSPS) is 27.2. The van der Waals surface area contributed by atoms with Crippen LogP contribution in [0.1, 0.15) is 40.7 Å². The lowest BCUT2D eigenvalue weighted by molar-refractivity contribution is -0.913. The van der Waals surface area contributed by atoms with Crippen molar-refractivity contribution in [1.82, 2.24) is 0 Å². The Morgan fingerprint density at radius 2 is 2.04 bits per heavy atom. The molecule has 0 saturated carbocycles. The van der Waals surface area contributed by atoms with Crippen molar-refractivity contribution in [3.05, 3.63) is 64.2 Å². The molecule has 2 aliphatic rings. The predicted octanol–water partition coefficient (Wildman–Crippen LogP) is 4.63. The van der Waals surface area contributed by atoms with Gasteiger partial charge in [0.1, 0.15) is 0 Å². The summed E-state index contributed by atoms with van der Waals surface area (Å²) in [5, 5.41) is 0.527. The third-order valence-corrected chi connectivity index (χ3v) is 6.66. The van der Waals surface area contributed by atoms with E-state index >= 15 is 0 Å². The molecule has 2 aromatic rings. The molecule has 2 aromatic carbocycles. The van der Waals surface area contributed by atoms with E-state index in [0.717, 1.165) is 36.2 Å². The van der Waals surface area contributed by atoms with Crippen LogP contribution in [0.2, 0.25) is 5.02 Å². The quantitative estimate of drug-likeness (QED) is 0.706. The summed E-state index contributed by atoms with van der Waals surface area (Å²) in [4.78, 5) is 15.5. The molecule has 2 heterocycles. The summed E-state index contributed by atoms with van der Waals surface area (Å²) in [6, 6.07) is 14.1. The summed E-state index contributed by atoms with van der Waals surface area (Å²) in [6.45, 7) is 7.72. The maximum Gasteiger partial charge on any atom is 0.260 e. The maximum absolute atomic E-state index is 13.4. The van der Waals surface area contributed by atoms with Crippen LogP contribution < -0.4 is 4.90 Å². The Morgan fingerprint density at radius 3 is 2.77 bits per heavy atom. The fourth-order valence-corrected chi connectivity index (χ4v) is 4.84. The van der Waals surface area contributed by atoms with Crippen molar-refractivity contribution in [3.8, 4) is 0 Å². The second-order valence-corrected chi connectivity index (χ2v) is 8.43. The van der Waals surface area contributed by atoms with Crippen molar-refractivity contribution in [2.45, 2.75) is 32.2 Å². The first kappa shape index (κ1) is 17.6. The molecule has 0 N–H and O–H groups in total. The highest BCUT2D eigenvalue weighted by Gasteiger charge is 2.48. The first-order chi connectivity index (χ1) is 12.4. The second kappa shape index (κ2) is 6.40. The Hall–Kier alpha value is -1.84.